The van der Waals surface area contributed by atoms with Crippen LogP contribution >= 0.6 is 0 Å². The van der Waals surface area contributed by atoms with E-state index in [0.717, 1.165) is 6.42 Å². The van der Waals surface area contributed by atoms with Crippen LogP contribution in [0, 0.1) is 5.92 Å². The summed E-state index contributed by atoms with van der Waals surface area (Å²) in [7, 11) is 0. The van der Waals surface area contributed by atoms with Crippen LogP contribution < -0.4 is 0 Å². The molecule has 1 atom stereocenters. The van der Waals surface area contributed by atoms with Crippen molar-refractivity contribution in [3.8, 4) is 0 Å². The molecular formula is C11H18O2. The van der Waals surface area contributed by atoms with Crippen molar-refractivity contribution in [1.29, 1.82) is 0 Å². The van der Waals surface area contributed by atoms with Gasteiger partial charge in [-0.05, 0) is 18.4 Å². The van der Waals surface area contributed by atoms with Crippen LogP contribution in [0.4, 0.5) is 0 Å². The summed E-state index contributed by atoms with van der Waals surface area (Å²) in [4.78, 5) is 10.9. The zero-order valence-corrected chi connectivity index (χ0v) is 8.29. The first-order chi connectivity index (χ1) is 6.33. The van der Waals surface area contributed by atoms with E-state index in [1.165, 1.54) is 31.9 Å². The molecule has 0 aromatic carbocycles. The van der Waals surface area contributed by atoms with Crippen LogP contribution in [0.1, 0.15) is 45.4 Å². The van der Waals surface area contributed by atoms with Crippen LogP contribution in [-0.4, -0.2) is 5.97 Å². The zero-order valence-electron chi connectivity index (χ0n) is 8.29. The summed E-state index contributed by atoms with van der Waals surface area (Å²) in [6.07, 6.45) is 10.3. The number of hydrogen-bond acceptors (Lipinski definition) is 2. The number of ether oxygens (including phenoxy) is 1. The molecule has 0 radical (unpaired) electrons. The van der Waals surface area contributed by atoms with Crippen molar-refractivity contribution in [3.63, 3.8) is 0 Å². The van der Waals surface area contributed by atoms with Gasteiger partial charge in [0.2, 0.25) is 0 Å². The molecule has 0 amide bonds. The molecule has 0 fully saturated rings. The number of cyclic esters (lactones) is 1. The lowest BCUT2D eigenvalue weighted by atomic mass is 9.97. The van der Waals surface area contributed by atoms with Crippen LogP contribution in [-0.2, 0) is 9.53 Å². The topological polar surface area (TPSA) is 26.3 Å². The summed E-state index contributed by atoms with van der Waals surface area (Å²) < 4.78 is 4.72. The highest BCUT2D eigenvalue weighted by Gasteiger charge is 2.15. The number of esters is 1. The molecule has 0 saturated heterocycles. The van der Waals surface area contributed by atoms with E-state index < -0.39 is 0 Å². The Balaban J connectivity index is 2.10. The molecule has 1 rings (SSSR count). The van der Waals surface area contributed by atoms with Crippen molar-refractivity contribution in [3.05, 3.63) is 12.3 Å². The predicted octanol–water partition coefficient (Wildman–Crippen LogP) is 3.03. The normalized spacial score (nSPS) is 21.6. The minimum absolute atomic E-state index is 0.0806. The fraction of sp³-hybridized carbons (Fsp3) is 0.727. The van der Waals surface area contributed by atoms with Crippen molar-refractivity contribution >= 4 is 5.97 Å². The summed E-state index contributed by atoms with van der Waals surface area (Å²) in [5.74, 6) is 0.348. The molecule has 0 aromatic heterocycles. The van der Waals surface area contributed by atoms with E-state index >= 15 is 0 Å². The average Bonchev–Trinajstić information content (AvgIpc) is 2.13. The van der Waals surface area contributed by atoms with Crippen molar-refractivity contribution in [2.24, 2.45) is 5.92 Å². The van der Waals surface area contributed by atoms with Gasteiger partial charge < -0.3 is 4.74 Å². The lowest BCUT2D eigenvalue weighted by Crippen LogP contribution is -2.12. The molecule has 0 unspecified atom stereocenters. The van der Waals surface area contributed by atoms with Gasteiger partial charge in [0.25, 0.3) is 0 Å². The van der Waals surface area contributed by atoms with E-state index in [2.05, 4.69) is 6.92 Å². The molecule has 0 aromatic rings. The third kappa shape index (κ3) is 4.11. The average molecular weight is 182 g/mol. The molecule has 74 valence electrons. The maximum absolute atomic E-state index is 10.9. The van der Waals surface area contributed by atoms with Gasteiger partial charge in [-0.25, -0.2) is 0 Å². The molecule has 1 heterocycles. The number of carbonyl (C=O) groups excluding carboxylic acids is 1. The van der Waals surface area contributed by atoms with Gasteiger partial charge in [-0.1, -0.05) is 32.6 Å². The van der Waals surface area contributed by atoms with Crippen LogP contribution in [0.15, 0.2) is 12.3 Å². The maximum atomic E-state index is 10.9. The number of rotatable bonds is 5. The molecular weight excluding hydrogens is 164 g/mol. The zero-order chi connectivity index (χ0) is 9.52. The second kappa shape index (κ2) is 5.79. The number of allylic oxidation sites excluding steroid dienone is 1. The summed E-state index contributed by atoms with van der Waals surface area (Å²) in [5, 5.41) is 0. The summed E-state index contributed by atoms with van der Waals surface area (Å²) >= 11 is 0. The predicted molar refractivity (Wildman–Crippen MR) is 52.1 cm³/mol. The highest BCUT2D eigenvalue weighted by atomic mass is 16.5. The first-order valence-electron chi connectivity index (χ1n) is 5.19. The summed E-state index contributed by atoms with van der Waals surface area (Å²) in [6, 6.07) is 0. The number of carbonyl (C=O) groups is 1. The highest BCUT2D eigenvalue weighted by Crippen LogP contribution is 2.19. The van der Waals surface area contributed by atoms with Crippen LogP contribution in [0.2, 0.25) is 0 Å². The van der Waals surface area contributed by atoms with Gasteiger partial charge in [0.1, 0.15) is 0 Å². The summed E-state index contributed by atoms with van der Waals surface area (Å²) in [5.41, 5.74) is 0. The van der Waals surface area contributed by atoms with Crippen LogP contribution in [0.25, 0.3) is 0 Å². The first-order valence-corrected chi connectivity index (χ1v) is 5.19. The summed E-state index contributed by atoms with van der Waals surface area (Å²) in [6.45, 7) is 2.21. The maximum Gasteiger partial charge on any atom is 0.311 e. The van der Waals surface area contributed by atoms with Gasteiger partial charge in [0, 0.05) is 0 Å². The van der Waals surface area contributed by atoms with Gasteiger partial charge in [0.15, 0.2) is 0 Å². The molecule has 0 bridgehead atoms. The van der Waals surface area contributed by atoms with E-state index in [9.17, 15) is 4.79 Å². The van der Waals surface area contributed by atoms with Gasteiger partial charge in [0.05, 0.1) is 12.7 Å². The lowest BCUT2D eigenvalue weighted by Gasteiger charge is -2.14. The molecule has 0 aliphatic carbocycles. The van der Waals surface area contributed by atoms with E-state index in [1.807, 2.05) is 6.08 Å². The quantitative estimate of drug-likeness (QED) is 0.482. The Labute approximate surface area is 80.0 Å². The third-order valence-electron chi connectivity index (χ3n) is 2.41. The smallest absolute Gasteiger partial charge is 0.311 e. The van der Waals surface area contributed by atoms with Gasteiger partial charge >= 0.3 is 5.97 Å². The fourth-order valence-corrected chi connectivity index (χ4v) is 1.59. The number of hydrogen-bond donors (Lipinski definition) is 0. The highest BCUT2D eigenvalue weighted by molar-refractivity contribution is 5.71. The fourth-order valence-electron chi connectivity index (χ4n) is 1.59. The first kappa shape index (κ1) is 10.3. The second-order valence-corrected chi connectivity index (χ2v) is 3.63. The molecule has 0 spiro atoms. The molecule has 13 heavy (non-hydrogen) atoms. The van der Waals surface area contributed by atoms with Crippen molar-refractivity contribution in [2.45, 2.75) is 45.4 Å². The third-order valence-corrected chi connectivity index (χ3v) is 2.41. The van der Waals surface area contributed by atoms with Gasteiger partial charge in [-0.2, -0.15) is 0 Å². The van der Waals surface area contributed by atoms with Crippen molar-refractivity contribution in [1.82, 2.24) is 0 Å². The minimum atomic E-state index is -0.0806. The lowest BCUT2D eigenvalue weighted by molar-refractivity contribution is -0.139. The Hall–Kier alpha value is -0.790. The Morgan fingerprint density at radius 1 is 1.46 bits per heavy atom. The van der Waals surface area contributed by atoms with E-state index in [4.69, 9.17) is 4.74 Å². The largest absolute Gasteiger partial charge is 0.435 e. The van der Waals surface area contributed by atoms with Crippen molar-refractivity contribution in [2.75, 3.05) is 0 Å². The Bertz CT molecular complexity index is 185. The molecule has 2 nitrogen and oxygen atoms in total. The minimum Gasteiger partial charge on any atom is -0.435 e. The van der Waals surface area contributed by atoms with Crippen molar-refractivity contribution < 1.29 is 9.53 Å². The van der Waals surface area contributed by atoms with E-state index in [0.29, 0.717) is 12.3 Å². The monoisotopic (exact) mass is 182 g/mol. The van der Waals surface area contributed by atoms with Crippen LogP contribution in [0.5, 0.6) is 0 Å². The van der Waals surface area contributed by atoms with E-state index in [1.54, 1.807) is 0 Å². The van der Waals surface area contributed by atoms with Gasteiger partial charge in [-0.15, -0.1) is 0 Å². The molecule has 0 N–H and O–H groups in total. The standard InChI is InChI=1S/C11H18O2/c1-2-3-4-5-6-10-7-8-13-11(12)9-10/h7-8,10H,2-6,9H2,1H3/t10-/m0/s1. The molecule has 0 saturated carbocycles. The SMILES string of the molecule is CCCCCC[C@H]1C=COC(=O)C1. The van der Waals surface area contributed by atoms with Gasteiger partial charge in [-0.3, -0.25) is 4.79 Å². The van der Waals surface area contributed by atoms with E-state index in [-0.39, 0.29) is 5.97 Å². The van der Waals surface area contributed by atoms with Crippen LogP contribution in [0.3, 0.4) is 0 Å². The Morgan fingerprint density at radius 2 is 2.31 bits per heavy atom. The second-order valence-electron chi connectivity index (χ2n) is 3.63. The Morgan fingerprint density at radius 3 is 3.00 bits per heavy atom. The molecule has 1 aliphatic rings. The molecule has 2 heteroatoms. The Kier molecular flexibility index (Phi) is 4.58. The molecule has 1 aliphatic heterocycles. The number of unbranched alkanes of at least 4 members (excludes halogenated alkanes) is 3.